The molecule has 8 nitrogen and oxygen atoms in total. The van der Waals surface area contributed by atoms with Gasteiger partial charge in [0.15, 0.2) is 11.6 Å². The number of aromatic nitrogens is 4. The predicted octanol–water partition coefficient (Wildman–Crippen LogP) is 3.88. The van der Waals surface area contributed by atoms with Crippen LogP contribution in [0.1, 0.15) is 46.0 Å². The van der Waals surface area contributed by atoms with Crippen molar-refractivity contribution in [2.45, 2.75) is 32.0 Å². The van der Waals surface area contributed by atoms with Crippen LogP contribution >= 0.6 is 0 Å². The molecule has 4 aromatic rings. The molecule has 0 saturated carbocycles. The van der Waals surface area contributed by atoms with E-state index < -0.39 is 29.0 Å². The monoisotopic (exact) mass is 470 g/mol. The van der Waals surface area contributed by atoms with Gasteiger partial charge < -0.3 is 20.0 Å². The van der Waals surface area contributed by atoms with Gasteiger partial charge in [0, 0.05) is 36.1 Å². The number of hydrogen-bond acceptors (Lipinski definition) is 4. The topological polar surface area (TPSA) is 107 Å². The number of carbonyl (C=O) groups excluding carboxylic acids is 2. The molecule has 11 heteroatoms. The smallest absolute Gasteiger partial charge is 0.363 e. The van der Waals surface area contributed by atoms with Crippen molar-refractivity contribution in [3.05, 3.63) is 83.7 Å². The Morgan fingerprint density at radius 1 is 1.03 bits per heavy atom. The quantitative estimate of drug-likeness (QED) is 0.446. The summed E-state index contributed by atoms with van der Waals surface area (Å²) in [6, 6.07) is 9.06. The lowest BCUT2D eigenvalue weighted by Crippen LogP contribution is -2.28. The highest BCUT2D eigenvalue weighted by Gasteiger charge is 2.31. The number of pyridine rings is 1. The van der Waals surface area contributed by atoms with Gasteiger partial charge in [-0.25, -0.2) is 9.97 Å². The van der Waals surface area contributed by atoms with Gasteiger partial charge in [0.05, 0.1) is 11.8 Å². The Labute approximate surface area is 192 Å². The van der Waals surface area contributed by atoms with Crippen LogP contribution in [0.25, 0.3) is 5.65 Å². The molecule has 3 heterocycles. The lowest BCUT2D eigenvalue weighted by Gasteiger charge is -2.26. The Kier molecular flexibility index (Phi) is 5.64. The van der Waals surface area contributed by atoms with Crippen LogP contribution in [0.2, 0.25) is 0 Å². The van der Waals surface area contributed by atoms with Gasteiger partial charge >= 0.3 is 6.18 Å². The maximum atomic E-state index is 12.9. The van der Waals surface area contributed by atoms with Crippen molar-refractivity contribution in [2.24, 2.45) is 5.73 Å². The molecule has 3 aromatic heterocycles. The minimum Gasteiger partial charge on any atom is -0.363 e. The Balaban J connectivity index is 1.48. The van der Waals surface area contributed by atoms with E-state index >= 15 is 0 Å². The summed E-state index contributed by atoms with van der Waals surface area (Å²) >= 11 is 0. The summed E-state index contributed by atoms with van der Waals surface area (Å²) in [6.45, 7) is 4.41. The third kappa shape index (κ3) is 4.63. The molecule has 0 spiro atoms. The molecule has 1 aromatic carbocycles. The molecule has 0 saturated heterocycles. The van der Waals surface area contributed by atoms with E-state index in [0.29, 0.717) is 12.1 Å². The average molecular weight is 470 g/mol. The SMILES string of the molecule is CC(C)(Cn1ccnc1C(N)=O)c1ccc(C(=O)Nc2cn3cc(C(F)(F)F)ccc3n2)cc1. The molecule has 34 heavy (non-hydrogen) atoms. The van der Waals surface area contributed by atoms with Gasteiger partial charge in [0.25, 0.3) is 11.8 Å². The Morgan fingerprint density at radius 3 is 2.35 bits per heavy atom. The largest absolute Gasteiger partial charge is 0.417 e. The lowest BCUT2D eigenvalue weighted by molar-refractivity contribution is -0.137. The van der Waals surface area contributed by atoms with E-state index in [1.165, 1.54) is 22.9 Å². The molecular weight excluding hydrogens is 449 g/mol. The second kappa shape index (κ2) is 8.32. The first-order chi connectivity index (χ1) is 15.9. The minimum atomic E-state index is -4.48. The summed E-state index contributed by atoms with van der Waals surface area (Å²) in [4.78, 5) is 32.3. The highest BCUT2D eigenvalue weighted by atomic mass is 19.4. The molecule has 4 rings (SSSR count). The van der Waals surface area contributed by atoms with Crippen molar-refractivity contribution in [1.82, 2.24) is 18.9 Å². The van der Waals surface area contributed by atoms with Gasteiger partial charge in [-0.2, -0.15) is 13.2 Å². The Hall–Kier alpha value is -4.15. The molecule has 0 atom stereocenters. The van der Waals surface area contributed by atoms with Crippen LogP contribution in [-0.2, 0) is 18.1 Å². The van der Waals surface area contributed by atoms with Crippen molar-refractivity contribution in [3.63, 3.8) is 0 Å². The zero-order valence-electron chi connectivity index (χ0n) is 18.3. The van der Waals surface area contributed by atoms with E-state index in [2.05, 4.69) is 15.3 Å². The Bertz CT molecular complexity index is 1370. The van der Waals surface area contributed by atoms with Gasteiger partial charge in [0.2, 0.25) is 0 Å². The number of benzene rings is 1. The fourth-order valence-corrected chi connectivity index (χ4v) is 3.66. The molecule has 176 valence electrons. The van der Waals surface area contributed by atoms with Crippen molar-refractivity contribution in [3.8, 4) is 0 Å². The first-order valence-electron chi connectivity index (χ1n) is 10.2. The highest BCUT2D eigenvalue weighted by Crippen LogP contribution is 2.30. The van der Waals surface area contributed by atoms with Crippen LogP contribution < -0.4 is 11.1 Å². The zero-order valence-corrected chi connectivity index (χ0v) is 18.3. The molecule has 2 amide bonds. The van der Waals surface area contributed by atoms with Crippen LogP contribution in [-0.4, -0.2) is 30.8 Å². The van der Waals surface area contributed by atoms with E-state index in [4.69, 9.17) is 5.73 Å². The van der Waals surface area contributed by atoms with Crippen molar-refractivity contribution in [2.75, 3.05) is 5.32 Å². The summed E-state index contributed by atoms with van der Waals surface area (Å²) in [5.41, 5.74) is 5.69. The standard InChI is InChI=1S/C23H21F3N6O2/c1-22(2,13-31-10-9-28-20(31)19(27)33)15-5-3-14(4-6-15)21(34)30-17-12-32-11-16(23(24,25)26)7-8-18(32)29-17/h3-12H,13H2,1-2H3,(H2,27,33)(H,30,34). The number of amides is 2. The zero-order chi connectivity index (χ0) is 24.7. The Morgan fingerprint density at radius 2 is 1.71 bits per heavy atom. The predicted molar refractivity (Wildman–Crippen MR) is 118 cm³/mol. The molecule has 0 aliphatic rings. The number of anilines is 1. The summed E-state index contributed by atoms with van der Waals surface area (Å²) < 4.78 is 41.6. The first kappa shape index (κ1) is 23.0. The van der Waals surface area contributed by atoms with Crippen molar-refractivity contribution in [1.29, 1.82) is 0 Å². The van der Waals surface area contributed by atoms with Gasteiger partial charge in [-0.05, 0) is 29.8 Å². The number of nitrogens with two attached hydrogens (primary N) is 1. The van der Waals surface area contributed by atoms with Crippen molar-refractivity contribution < 1.29 is 22.8 Å². The average Bonchev–Trinajstić information content (AvgIpc) is 3.38. The summed E-state index contributed by atoms with van der Waals surface area (Å²) in [7, 11) is 0. The molecular formula is C23H21F3N6O2. The lowest BCUT2D eigenvalue weighted by atomic mass is 9.84. The number of hydrogen-bond donors (Lipinski definition) is 2. The number of nitrogens with zero attached hydrogens (tertiary/aromatic N) is 4. The normalized spacial score (nSPS) is 12.1. The third-order valence-corrected chi connectivity index (χ3v) is 5.45. The second-order valence-electron chi connectivity index (χ2n) is 8.47. The summed E-state index contributed by atoms with van der Waals surface area (Å²) in [5, 5.41) is 2.60. The number of primary amides is 1. The molecule has 0 bridgehead atoms. The van der Waals surface area contributed by atoms with Crippen LogP contribution in [0.5, 0.6) is 0 Å². The van der Waals surface area contributed by atoms with Crippen LogP contribution in [0.3, 0.4) is 0 Å². The van der Waals surface area contributed by atoms with Crippen molar-refractivity contribution >= 4 is 23.3 Å². The van der Waals surface area contributed by atoms with E-state index in [0.717, 1.165) is 17.8 Å². The molecule has 3 N–H and O–H groups in total. The molecule has 0 fully saturated rings. The van der Waals surface area contributed by atoms with E-state index in [9.17, 15) is 22.8 Å². The number of fused-ring (bicyclic) bond motifs is 1. The number of alkyl halides is 3. The van der Waals surface area contributed by atoms with Crippen LogP contribution in [0, 0.1) is 0 Å². The fourth-order valence-electron chi connectivity index (χ4n) is 3.66. The molecule has 0 aliphatic heterocycles. The molecule has 0 aliphatic carbocycles. The number of carbonyl (C=O) groups is 2. The summed E-state index contributed by atoms with van der Waals surface area (Å²) in [5.74, 6) is -0.768. The highest BCUT2D eigenvalue weighted by molar-refractivity contribution is 6.03. The third-order valence-electron chi connectivity index (χ3n) is 5.45. The minimum absolute atomic E-state index is 0.132. The first-order valence-corrected chi connectivity index (χ1v) is 10.2. The van der Waals surface area contributed by atoms with Crippen LogP contribution in [0.4, 0.5) is 19.0 Å². The van der Waals surface area contributed by atoms with E-state index in [1.807, 2.05) is 13.8 Å². The van der Waals surface area contributed by atoms with E-state index in [1.54, 1.807) is 35.0 Å². The van der Waals surface area contributed by atoms with E-state index in [-0.39, 0.29) is 17.3 Å². The van der Waals surface area contributed by atoms with Gasteiger partial charge in [-0.1, -0.05) is 26.0 Å². The number of imidazole rings is 2. The maximum absolute atomic E-state index is 12.9. The van der Waals surface area contributed by atoms with Gasteiger partial charge in [0.1, 0.15) is 5.65 Å². The maximum Gasteiger partial charge on any atom is 0.417 e. The van der Waals surface area contributed by atoms with Gasteiger partial charge in [-0.3, -0.25) is 9.59 Å². The number of nitrogens with one attached hydrogen (secondary N) is 1. The molecule has 0 radical (unpaired) electrons. The fraction of sp³-hybridized carbons (Fsp3) is 0.217. The number of rotatable bonds is 6. The van der Waals surface area contributed by atoms with Crippen LogP contribution in [0.15, 0.2) is 61.2 Å². The second-order valence-corrected chi connectivity index (χ2v) is 8.47. The molecule has 0 unspecified atom stereocenters. The number of halogens is 3. The summed E-state index contributed by atoms with van der Waals surface area (Å²) in [6.07, 6.45) is 0.944. The van der Waals surface area contributed by atoms with Gasteiger partial charge in [-0.15, -0.1) is 0 Å².